The van der Waals surface area contributed by atoms with Crippen LogP contribution in [0.5, 0.6) is 5.75 Å². The van der Waals surface area contributed by atoms with E-state index in [0.29, 0.717) is 27.3 Å². The van der Waals surface area contributed by atoms with E-state index in [2.05, 4.69) is 26.6 Å². The summed E-state index contributed by atoms with van der Waals surface area (Å²) in [6, 6.07) is 17.3. The van der Waals surface area contributed by atoms with Gasteiger partial charge in [0.15, 0.2) is 5.11 Å². The first kappa shape index (κ1) is 18.1. The van der Waals surface area contributed by atoms with Gasteiger partial charge in [-0.25, -0.2) is 0 Å². The Balaban J connectivity index is 1.66. The van der Waals surface area contributed by atoms with E-state index in [1.165, 1.54) is 0 Å². The van der Waals surface area contributed by atoms with Crippen LogP contribution >= 0.6 is 39.7 Å². The van der Waals surface area contributed by atoms with E-state index in [1.807, 2.05) is 48.5 Å². The Bertz CT molecular complexity index is 1180. The van der Waals surface area contributed by atoms with Gasteiger partial charge in [0.25, 0.3) is 0 Å². The van der Waals surface area contributed by atoms with Crippen molar-refractivity contribution in [3.63, 3.8) is 0 Å². The topological polar surface area (TPSA) is 46.4 Å². The average Bonchev–Trinajstić information content (AvgIpc) is 3.00. The fraction of sp³-hybridized carbons (Fsp3) is 0.0500. The highest BCUT2D eigenvalue weighted by atomic mass is 79.9. The number of halogens is 2. The normalized spacial score (nSPS) is 10.9. The molecule has 1 heterocycles. The number of para-hydroxylation sites is 1. The molecule has 0 bridgehead atoms. The van der Waals surface area contributed by atoms with Gasteiger partial charge in [0.1, 0.15) is 16.9 Å². The molecule has 7 heteroatoms. The molecule has 27 heavy (non-hydrogen) atoms. The van der Waals surface area contributed by atoms with E-state index in [1.54, 1.807) is 13.2 Å². The predicted octanol–water partition coefficient (Wildman–Crippen LogP) is 6.82. The third kappa shape index (κ3) is 3.60. The minimum Gasteiger partial charge on any atom is -0.495 e. The molecule has 4 nitrogen and oxygen atoms in total. The van der Waals surface area contributed by atoms with Crippen LogP contribution in [0.25, 0.3) is 21.9 Å². The van der Waals surface area contributed by atoms with Crippen LogP contribution in [0.15, 0.2) is 63.5 Å². The lowest BCUT2D eigenvalue weighted by molar-refractivity contribution is 0.417. The van der Waals surface area contributed by atoms with Crippen LogP contribution in [0.2, 0.25) is 5.02 Å². The van der Waals surface area contributed by atoms with Gasteiger partial charge >= 0.3 is 0 Å². The predicted molar refractivity (Wildman–Crippen MR) is 119 cm³/mol. The number of thiocarbonyl (C=S) groups is 1. The van der Waals surface area contributed by atoms with E-state index >= 15 is 0 Å². The van der Waals surface area contributed by atoms with Gasteiger partial charge in [0, 0.05) is 21.3 Å². The van der Waals surface area contributed by atoms with E-state index in [-0.39, 0.29) is 0 Å². The van der Waals surface area contributed by atoms with Gasteiger partial charge in [-0.1, -0.05) is 45.7 Å². The molecule has 0 aliphatic heterocycles. The van der Waals surface area contributed by atoms with Gasteiger partial charge < -0.3 is 19.8 Å². The summed E-state index contributed by atoms with van der Waals surface area (Å²) in [4.78, 5) is 0. The highest BCUT2D eigenvalue weighted by molar-refractivity contribution is 9.10. The van der Waals surface area contributed by atoms with Gasteiger partial charge in [-0.05, 0) is 42.5 Å². The first-order valence-electron chi connectivity index (χ1n) is 8.07. The average molecular weight is 462 g/mol. The summed E-state index contributed by atoms with van der Waals surface area (Å²) in [6.07, 6.45) is 0. The summed E-state index contributed by atoms with van der Waals surface area (Å²) < 4.78 is 12.4. The third-order valence-corrected chi connectivity index (χ3v) is 5.14. The number of fused-ring (bicyclic) bond motifs is 3. The number of methoxy groups -OCH3 is 1. The molecule has 1 aromatic heterocycles. The van der Waals surface area contributed by atoms with Gasteiger partial charge in [0.05, 0.1) is 23.5 Å². The van der Waals surface area contributed by atoms with E-state index in [4.69, 9.17) is 33.0 Å². The molecule has 3 aromatic carbocycles. The van der Waals surface area contributed by atoms with Crippen LogP contribution in [0.1, 0.15) is 0 Å². The molecule has 0 unspecified atom stereocenters. The number of hydrogen-bond donors (Lipinski definition) is 2. The number of ether oxygens (including phenoxy) is 1. The number of anilines is 2. The van der Waals surface area contributed by atoms with Crippen molar-refractivity contribution in [3.05, 3.63) is 64.1 Å². The van der Waals surface area contributed by atoms with E-state index in [0.717, 1.165) is 26.4 Å². The van der Waals surface area contributed by atoms with Crippen molar-refractivity contribution in [1.29, 1.82) is 0 Å². The molecule has 0 fully saturated rings. The van der Waals surface area contributed by atoms with Gasteiger partial charge in [-0.15, -0.1) is 0 Å². The smallest absolute Gasteiger partial charge is 0.175 e. The molecule has 0 atom stereocenters. The number of furan rings is 1. The second-order valence-corrected chi connectivity index (χ2v) is 7.58. The van der Waals surface area contributed by atoms with Crippen LogP contribution in [0.4, 0.5) is 11.4 Å². The third-order valence-electron chi connectivity index (χ3n) is 4.13. The Labute approximate surface area is 174 Å². The van der Waals surface area contributed by atoms with Crippen molar-refractivity contribution in [3.8, 4) is 5.75 Å². The molecule has 0 radical (unpaired) electrons. The highest BCUT2D eigenvalue weighted by Crippen LogP contribution is 2.36. The fourth-order valence-corrected chi connectivity index (χ4v) is 3.83. The minimum atomic E-state index is 0.396. The largest absolute Gasteiger partial charge is 0.495 e. The molecular weight excluding hydrogens is 448 g/mol. The molecule has 0 saturated carbocycles. The number of rotatable bonds is 3. The summed E-state index contributed by atoms with van der Waals surface area (Å²) in [5, 5.41) is 9.24. The number of nitrogens with one attached hydrogen (secondary N) is 2. The van der Waals surface area contributed by atoms with Crippen molar-refractivity contribution in [2.24, 2.45) is 0 Å². The molecule has 2 N–H and O–H groups in total. The molecule has 4 aromatic rings. The van der Waals surface area contributed by atoms with Crippen LogP contribution in [0.3, 0.4) is 0 Å². The summed E-state index contributed by atoms with van der Waals surface area (Å²) >= 11 is 15.1. The minimum absolute atomic E-state index is 0.396. The van der Waals surface area contributed by atoms with Crippen molar-refractivity contribution in [2.45, 2.75) is 0 Å². The Kier molecular flexibility index (Phi) is 4.95. The second-order valence-electron chi connectivity index (χ2n) is 5.85. The molecular formula is C20H14BrClN2O2S. The first-order chi connectivity index (χ1) is 13.0. The second kappa shape index (κ2) is 7.38. The highest BCUT2D eigenvalue weighted by Gasteiger charge is 2.13. The molecule has 136 valence electrons. The molecule has 0 amide bonds. The van der Waals surface area contributed by atoms with Crippen molar-refractivity contribution in [1.82, 2.24) is 0 Å². The van der Waals surface area contributed by atoms with Crippen LogP contribution in [-0.2, 0) is 0 Å². The molecule has 0 spiro atoms. The Morgan fingerprint density at radius 3 is 2.56 bits per heavy atom. The maximum Gasteiger partial charge on any atom is 0.175 e. The van der Waals surface area contributed by atoms with Crippen molar-refractivity contribution >= 4 is 78.2 Å². The number of benzene rings is 3. The lowest BCUT2D eigenvalue weighted by Gasteiger charge is -2.14. The van der Waals surface area contributed by atoms with Crippen LogP contribution in [0, 0.1) is 0 Å². The Hall–Kier alpha value is -2.28. The maximum absolute atomic E-state index is 6.24. The lowest BCUT2D eigenvalue weighted by atomic mass is 10.1. The standard InChI is InChI=1S/C20H14BrClN2O2S/c1-25-19-9-13-12-4-2-3-5-17(12)26-18(13)10-16(19)24-20(27)23-15-7-6-11(21)8-14(15)22/h2-10H,1H3,(H2,23,24,27). The zero-order valence-electron chi connectivity index (χ0n) is 14.2. The molecule has 0 aliphatic carbocycles. The SMILES string of the molecule is COc1cc2c(cc1NC(=S)Nc1ccc(Br)cc1Cl)oc1ccccc12. The summed E-state index contributed by atoms with van der Waals surface area (Å²) in [7, 11) is 1.62. The monoisotopic (exact) mass is 460 g/mol. The number of hydrogen-bond acceptors (Lipinski definition) is 3. The zero-order valence-corrected chi connectivity index (χ0v) is 17.3. The quantitative estimate of drug-likeness (QED) is 0.328. The first-order valence-corrected chi connectivity index (χ1v) is 9.65. The summed E-state index contributed by atoms with van der Waals surface area (Å²) in [5.41, 5.74) is 2.99. The Morgan fingerprint density at radius 2 is 1.78 bits per heavy atom. The molecule has 0 aliphatic rings. The van der Waals surface area contributed by atoms with Crippen LogP contribution in [-0.4, -0.2) is 12.2 Å². The van der Waals surface area contributed by atoms with Crippen molar-refractivity contribution < 1.29 is 9.15 Å². The van der Waals surface area contributed by atoms with Gasteiger partial charge in [-0.3, -0.25) is 0 Å². The van der Waals surface area contributed by atoms with Crippen LogP contribution < -0.4 is 15.4 Å². The fourth-order valence-electron chi connectivity index (χ4n) is 2.88. The van der Waals surface area contributed by atoms with E-state index in [9.17, 15) is 0 Å². The lowest BCUT2D eigenvalue weighted by Crippen LogP contribution is -2.19. The maximum atomic E-state index is 6.24. The summed E-state index contributed by atoms with van der Waals surface area (Å²) in [6.45, 7) is 0. The molecule has 0 saturated heterocycles. The van der Waals surface area contributed by atoms with Gasteiger partial charge in [-0.2, -0.15) is 0 Å². The van der Waals surface area contributed by atoms with E-state index < -0.39 is 0 Å². The van der Waals surface area contributed by atoms with Gasteiger partial charge in [0.2, 0.25) is 0 Å². The molecule has 4 rings (SSSR count). The Morgan fingerprint density at radius 1 is 1.00 bits per heavy atom. The zero-order chi connectivity index (χ0) is 19.0. The van der Waals surface area contributed by atoms with Crippen molar-refractivity contribution in [2.75, 3.05) is 17.7 Å². The summed E-state index contributed by atoms with van der Waals surface area (Å²) in [5.74, 6) is 0.667.